The van der Waals surface area contributed by atoms with Gasteiger partial charge in [0.15, 0.2) is 0 Å². The first-order chi connectivity index (χ1) is 14.8. The van der Waals surface area contributed by atoms with Gasteiger partial charge in [-0.25, -0.2) is 0 Å². The smallest absolute Gasteiger partial charge is 0.282 e. The molecule has 9 heteroatoms. The number of benzene rings is 1. The van der Waals surface area contributed by atoms with Gasteiger partial charge in [0.25, 0.3) is 10.2 Å². The highest BCUT2D eigenvalue weighted by atomic mass is 32.2. The van der Waals surface area contributed by atoms with Crippen LogP contribution in [0.3, 0.4) is 0 Å². The summed E-state index contributed by atoms with van der Waals surface area (Å²) in [7, 11) is -3.49. The molecule has 1 unspecified atom stereocenters. The zero-order valence-electron chi connectivity index (χ0n) is 18.8. The average Bonchev–Trinajstić information content (AvgIpc) is 3.16. The van der Waals surface area contributed by atoms with Crippen LogP contribution in [0.15, 0.2) is 24.3 Å². The molecule has 2 aliphatic heterocycles. The number of carbonyl (C=O) groups is 2. The molecule has 1 aromatic carbocycles. The van der Waals surface area contributed by atoms with Crippen molar-refractivity contribution in [3.05, 3.63) is 29.8 Å². The van der Waals surface area contributed by atoms with Crippen LogP contribution in [0.4, 0.5) is 5.69 Å². The maximum absolute atomic E-state index is 13.0. The number of nitrogens with zero attached hydrogens (tertiary/aromatic N) is 4. The van der Waals surface area contributed by atoms with E-state index in [0.29, 0.717) is 32.7 Å². The van der Waals surface area contributed by atoms with Crippen LogP contribution in [0.25, 0.3) is 0 Å². The molecule has 0 spiro atoms. The zero-order valence-corrected chi connectivity index (χ0v) is 19.6. The van der Waals surface area contributed by atoms with E-state index in [1.54, 1.807) is 9.80 Å². The number of carbonyl (C=O) groups excluding carboxylic acids is 2. The summed E-state index contributed by atoms with van der Waals surface area (Å²) in [6, 6.07) is 7.98. The minimum Gasteiger partial charge on any atom is -0.340 e. The molecule has 0 aromatic heterocycles. The Morgan fingerprint density at radius 2 is 1.65 bits per heavy atom. The Labute approximate surface area is 186 Å². The van der Waals surface area contributed by atoms with Crippen LogP contribution in [-0.2, 0) is 26.2 Å². The Balaban J connectivity index is 1.59. The van der Waals surface area contributed by atoms with E-state index in [-0.39, 0.29) is 37.2 Å². The maximum atomic E-state index is 13.0. The third kappa shape index (κ3) is 5.10. The number of amides is 2. The summed E-state index contributed by atoms with van der Waals surface area (Å²) in [5.41, 5.74) is 2.07. The molecule has 31 heavy (non-hydrogen) atoms. The summed E-state index contributed by atoms with van der Waals surface area (Å²) >= 11 is 0. The highest BCUT2D eigenvalue weighted by Crippen LogP contribution is 2.27. The monoisotopic (exact) mass is 450 g/mol. The topological polar surface area (TPSA) is 81.2 Å². The quantitative estimate of drug-likeness (QED) is 0.604. The van der Waals surface area contributed by atoms with Crippen LogP contribution in [-0.4, -0.2) is 79.6 Å². The third-order valence-electron chi connectivity index (χ3n) is 6.17. The van der Waals surface area contributed by atoms with Crippen LogP contribution >= 0.6 is 0 Å². The molecular weight excluding hydrogens is 416 g/mol. The minimum atomic E-state index is -3.49. The van der Waals surface area contributed by atoms with Gasteiger partial charge in [-0.3, -0.25) is 9.59 Å². The first-order valence-corrected chi connectivity index (χ1v) is 12.6. The molecular formula is C22H34N4O4S. The largest absolute Gasteiger partial charge is 0.340 e. The number of aryl methyl sites for hydroxylation is 1. The number of hydrogen-bond acceptors (Lipinski definition) is 4. The van der Waals surface area contributed by atoms with Gasteiger partial charge in [0, 0.05) is 57.9 Å². The van der Waals surface area contributed by atoms with Gasteiger partial charge in [0.1, 0.15) is 0 Å². The van der Waals surface area contributed by atoms with Crippen LogP contribution in [0.1, 0.15) is 39.2 Å². The SMILES string of the molecule is CCCc1ccc(N2CC(C(=O)N3CCN(S(=O)(=O)N(CC)CC)CC3)CC2=O)cc1. The minimum absolute atomic E-state index is 0.0376. The van der Waals surface area contributed by atoms with Crippen LogP contribution in [0.5, 0.6) is 0 Å². The lowest BCUT2D eigenvalue weighted by atomic mass is 10.1. The third-order valence-corrected chi connectivity index (χ3v) is 8.36. The number of rotatable bonds is 8. The second kappa shape index (κ2) is 10.1. The molecule has 0 saturated carbocycles. The van der Waals surface area contributed by atoms with E-state index in [0.717, 1.165) is 18.5 Å². The molecule has 3 rings (SSSR count). The molecule has 2 fully saturated rings. The fraction of sp³-hybridized carbons (Fsp3) is 0.636. The molecule has 8 nitrogen and oxygen atoms in total. The lowest BCUT2D eigenvalue weighted by Gasteiger charge is -2.37. The van der Waals surface area contributed by atoms with Crippen molar-refractivity contribution in [1.29, 1.82) is 0 Å². The van der Waals surface area contributed by atoms with Crippen LogP contribution in [0, 0.1) is 5.92 Å². The van der Waals surface area contributed by atoms with Gasteiger partial charge in [-0.2, -0.15) is 17.0 Å². The van der Waals surface area contributed by atoms with E-state index >= 15 is 0 Å². The summed E-state index contributed by atoms with van der Waals surface area (Å²) in [6.07, 6.45) is 2.28. The predicted molar refractivity (Wildman–Crippen MR) is 121 cm³/mol. The van der Waals surface area contributed by atoms with Crippen molar-refractivity contribution in [1.82, 2.24) is 13.5 Å². The first-order valence-electron chi connectivity index (χ1n) is 11.2. The van der Waals surface area contributed by atoms with Crippen molar-refractivity contribution in [2.45, 2.75) is 40.0 Å². The fourth-order valence-corrected chi connectivity index (χ4v) is 5.97. The molecule has 1 atom stereocenters. The van der Waals surface area contributed by atoms with E-state index in [2.05, 4.69) is 6.92 Å². The molecule has 2 amide bonds. The summed E-state index contributed by atoms with van der Waals surface area (Å²) < 4.78 is 28.3. The van der Waals surface area contributed by atoms with Gasteiger partial charge in [-0.15, -0.1) is 0 Å². The molecule has 2 aliphatic rings. The zero-order chi connectivity index (χ0) is 22.6. The Morgan fingerprint density at radius 1 is 1.03 bits per heavy atom. The first kappa shape index (κ1) is 23.7. The molecule has 2 saturated heterocycles. The normalized spacial score (nSPS) is 20.6. The van der Waals surface area contributed by atoms with E-state index in [1.807, 2.05) is 38.1 Å². The molecule has 172 valence electrons. The molecule has 0 aliphatic carbocycles. The molecule has 0 radical (unpaired) electrons. The van der Waals surface area contributed by atoms with Gasteiger partial charge in [-0.1, -0.05) is 39.3 Å². The summed E-state index contributed by atoms with van der Waals surface area (Å²) in [5, 5.41) is 0. The van der Waals surface area contributed by atoms with Crippen LogP contribution < -0.4 is 4.90 Å². The summed E-state index contributed by atoms with van der Waals surface area (Å²) in [6.45, 7) is 8.29. The highest BCUT2D eigenvalue weighted by molar-refractivity contribution is 7.86. The average molecular weight is 451 g/mol. The molecule has 2 heterocycles. The van der Waals surface area contributed by atoms with Gasteiger partial charge >= 0.3 is 0 Å². The number of hydrogen-bond donors (Lipinski definition) is 0. The van der Waals surface area contributed by atoms with Crippen molar-refractivity contribution in [3.63, 3.8) is 0 Å². The lowest BCUT2D eigenvalue weighted by Crippen LogP contribution is -2.55. The molecule has 0 N–H and O–H groups in total. The molecule has 1 aromatic rings. The van der Waals surface area contributed by atoms with E-state index < -0.39 is 10.2 Å². The fourth-order valence-electron chi connectivity index (χ4n) is 4.36. The summed E-state index contributed by atoms with van der Waals surface area (Å²) in [5.74, 6) is -0.476. The van der Waals surface area contributed by atoms with Crippen molar-refractivity contribution in [3.8, 4) is 0 Å². The number of piperazine rings is 1. The standard InChI is InChI=1S/C22H34N4O4S/c1-4-7-18-8-10-20(11-9-18)26-17-19(16-21(26)27)22(28)23-12-14-25(15-13-23)31(29,30)24(5-2)6-3/h8-11,19H,4-7,12-17H2,1-3H3. The Bertz CT molecular complexity index is 875. The lowest BCUT2D eigenvalue weighted by molar-refractivity contribution is -0.137. The van der Waals surface area contributed by atoms with Gasteiger partial charge in [0.2, 0.25) is 11.8 Å². The van der Waals surface area contributed by atoms with Crippen molar-refractivity contribution in [2.24, 2.45) is 5.92 Å². The maximum Gasteiger partial charge on any atom is 0.282 e. The highest BCUT2D eigenvalue weighted by Gasteiger charge is 2.39. The Kier molecular flexibility index (Phi) is 7.72. The Hall–Kier alpha value is -1.97. The van der Waals surface area contributed by atoms with Crippen molar-refractivity contribution < 1.29 is 18.0 Å². The van der Waals surface area contributed by atoms with Crippen molar-refractivity contribution in [2.75, 3.05) is 50.7 Å². The van der Waals surface area contributed by atoms with Crippen molar-refractivity contribution >= 4 is 27.7 Å². The summed E-state index contributed by atoms with van der Waals surface area (Å²) in [4.78, 5) is 29.0. The van der Waals surface area contributed by atoms with E-state index in [4.69, 9.17) is 0 Å². The van der Waals surface area contributed by atoms with Gasteiger partial charge in [0.05, 0.1) is 5.92 Å². The second-order valence-electron chi connectivity index (χ2n) is 8.14. The van der Waals surface area contributed by atoms with Crippen LogP contribution in [0.2, 0.25) is 0 Å². The number of anilines is 1. The predicted octanol–water partition coefficient (Wildman–Crippen LogP) is 1.72. The Morgan fingerprint density at radius 3 is 2.19 bits per heavy atom. The molecule has 0 bridgehead atoms. The van der Waals surface area contributed by atoms with E-state index in [9.17, 15) is 18.0 Å². The second-order valence-corrected chi connectivity index (χ2v) is 10.1. The van der Waals surface area contributed by atoms with E-state index in [1.165, 1.54) is 14.2 Å². The van der Waals surface area contributed by atoms with Gasteiger partial charge in [-0.05, 0) is 24.1 Å². The van der Waals surface area contributed by atoms with Gasteiger partial charge < -0.3 is 9.80 Å².